The van der Waals surface area contributed by atoms with Crippen LogP contribution in [0.1, 0.15) is 45.6 Å². The minimum atomic E-state index is -0.411. The van der Waals surface area contributed by atoms with Gasteiger partial charge in [0.25, 0.3) is 0 Å². The fourth-order valence-corrected chi connectivity index (χ4v) is 2.63. The fraction of sp³-hybridized carbons (Fsp3) is 0.750. The number of aryl methyl sites for hydroxylation is 2. The van der Waals surface area contributed by atoms with Crippen molar-refractivity contribution >= 4 is 6.09 Å². The van der Waals surface area contributed by atoms with Crippen molar-refractivity contribution in [3.8, 4) is 0 Å². The summed E-state index contributed by atoms with van der Waals surface area (Å²) in [4.78, 5) is 13.8. The predicted molar refractivity (Wildman–Crippen MR) is 82.1 cm³/mol. The fourth-order valence-electron chi connectivity index (χ4n) is 2.63. The Balaban J connectivity index is 1.72. The lowest BCUT2D eigenvalue weighted by Gasteiger charge is -2.33. The van der Waals surface area contributed by atoms with Gasteiger partial charge in [0, 0.05) is 25.8 Å². The molecule has 0 aliphatic carbocycles. The summed E-state index contributed by atoms with van der Waals surface area (Å²) in [5, 5.41) is 4.32. The molecule has 5 nitrogen and oxygen atoms in total. The van der Waals surface area contributed by atoms with E-state index in [0.29, 0.717) is 5.92 Å². The van der Waals surface area contributed by atoms with Crippen LogP contribution in [0.5, 0.6) is 0 Å². The van der Waals surface area contributed by atoms with E-state index in [4.69, 9.17) is 4.74 Å². The maximum absolute atomic E-state index is 12.0. The second-order valence-electron chi connectivity index (χ2n) is 6.98. The largest absolute Gasteiger partial charge is 0.444 e. The standard InChI is InChI=1S/C16H27N3O2/c1-13-11-17-19(12-13)10-7-14-5-8-18(9-6-14)15(20)21-16(2,3)4/h11-12,14H,5-10H2,1-4H3. The maximum atomic E-state index is 12.0. The van der Waals surface area contributed by atoms with Gasteiger partial charge in [-0.15, -0.1) is 0 Å². The van der Waals surface area contributed by atoms with Crippen molar-refractivity contribution in [2.24, 2.45) is 5.92 Å². The van der Waals surface area contributed by atoms with Crippen LogP contribution in [0.3, 0.4) is 0 Å². The highest BCUT2D eigenvalue weighted by atomic mass is 16.6. The third-order valence-electron chi connectivity index (χ3n) is 3.80. The summed E-state index contributed by atoms with van der Waals surface area (Å²) < 4.78 is 7.43. The lowest BCUT2D eigenvalue weighted by molar-refractivity contribution is 0.0179. The third-order valence-corrected chi connectivity index (χ3v) is 3.80. The molecule has 1 aromatic rings. The Labute approximate surface area is 127 Å². The molecule has 0 aromatic carbocycles. The summed E-state index contributed by atoms with van der Waals surface area (Å²) in [6.45, 7) is 10.3. The molecular formula is C16H27N3O2. The minimum absolute atomic E-state index is 0.177. The number of carbonyl (C=O) groups is 1. The van der Waals surface area contributed by atoms with Crippen molar-refractivity contribution in [3.63, 3.8) is 0 Å². The molecule has 5 heteroatoms. The van der Waals surface area contributed by atoms with Crippen molar-refractivity contribution in [3.05, 3.63) is 18.0 Å². The average Bonchev–Trinajstić information content (AvgIpc) is 2.81. The zero-order valence-corrected chi connectivity index (χ0v) is 13.6. The molecule has 1 amide bonds. The van der Waals surface area contributed by atoms with E-state index in [2.05, 4.69) is 18.2 Å². The second-order valence-corrected chi connectivity index (χ2v) is 6.98. The molecule has 1 aliphatic heterocycles. The Morgan fingerprint density at radius 1 is 1.38 bits per heavy atom. The molecule has 0 bridgehead atoms. The van der Waals surface area contributed by atoms with Gasteiger partial charge in [-0.3, -0.25) is 4.68 Å². The minimum Gasteiger partial charge on any atom is -0.444 e. The molecule has 0 atom stereocenters. The van der Waals surface area contributed by atoms with E-state index < -0.39 is 5.60 Å². The van der Waals surface area contributed by atoms with E-state index in [9.17, 15) is 4.79 Å². The highest BCUT2D eigenvalue weighted by molar-refractivity contribution is 5.68. The van der Waals surface area contributed by atoms with Gasteiger partial charge >= 0.3 is 6.09 Å². The van der Waals surface area contributed by atoms with E-state index in [1.54, 1.807) is 0 Å². The van der Waals surface area contributed by atoms with Crippen LogP contribution in [-0.4, -0.2) is 39.5 Å². The number of aromatic nitrogens is 2. The molecule has 2 heterocycles. The summed E-state index contributed by atoms with van der Waals surface area (Å²) in [5.41, 5.74) is 0.793. The van der Waals surface area contributed by atoms with Crippen molar-refractivity contribution in [1.82, 2.24) is 14.7 Å². The number of ether oxygens (including phenoxy) is 1. The first kappa shape index (κ1) is 15.9. The zero-order chi connectivity index (χ0) is 15.5. The van der Waals surface area contributed by atoms with Gasteiger partial charge in [-0.25, -0.2) is 4.79 Å². The van der Waals surface area contributed by atoms with Crippen LogP contribution in [0.15, 0.2) is 12.4 Å². The number of hydrogen-bond acceptors (Lipinski definition) is 3. The van der Waals surface area contributed by atoms with Crippen LogP contribution in [0.2, 0.25) is 0 Å². The first-order chi connectivity index (χ1) is 9.83. The molecule has 0 unspecified atom stereocenters. The van der Waals surface area contributed by atoms with Crippen molar-refractivity contribution in [1.29, 1.82) is 0 Å². The zero-order valence-electron chi connectivity index (χ0n) is 13.6. The van der Waals surface area contributed by atoms with Gasteiger partial charge in [0.15, 0.2) is 0 Å². The highest BCUT2D eigenvalue weighted by Gasteiger charge is 2.26. The van der Waals surface area contributed by atoms with Gasteiger partial charge in [-0.2, -0.15) is 5.10 Å². The topological polar surface area (TPSA) is 47.4 Å². The summed E-state index contributed by atoms with van der Waals surface area (Å²) in [6.07, 6.45) is 7.03. The predicted octanol–water partition coefficient (Wildman–Crippen LogP) is 3.23. The van der Waals surface area contributed by atoms with Crippen LogP contribution in [0.25, 0.3) is 0 Å². The number of rotatable bonds is 3. The van der Waals surface area contributed by atoms with Crippen molar-refractivity contribution in [2.45, 2.75) is 59.1 Å². The monoisotopic (exact) mass is 293 g/mol. The van der Waals surface area contributed by atoms with Crippen LogP contribution >= 0.6 is 0 Å². The first-order valence-electron chi connectivity index (χ1n) is 7.80. The summed E-state index contributed by atoms with van der Waals surface area (Å²) in [5.74, 6) is 0.674. The van der Waals surface area contributed by atoms with Gasteiger partial charge in [0.1, 0.15) is 5.60 Å². The summed E-state index contributed by atoms with van der Waals surface area (Å²) in [6, 6.07) is 0. The molecule has 1 aromatic heterocycles. The van der Waals surface area contributed by atoms with E-state index in [1.807, 2.05) is 36.5 Å². The number of hydrogen-bond donors (Lipinski definition) is 0. The molecule has 0 N–H and O–H groups in total. The molecule has 21 heavy (non-hydrogen) atoms. The number of likely N-dealkylation sites (tertiary alicyclic amines) is 1. The molecular weight excluding hydrogens is 266 g/mol. The molecule has 0 spiro atoms. The Kier molecular flexibility index (Phi) is 4.91. The van der Waals surface area contributed by atoms with E-state index in [0.717, 1.165) is 38.9 Å². The van der Waals surface area contributed by atoms with Gasteiger partial charge in [-0.1, -0.05) is 0 Å². The SMILES string of the molecule is Cc1cnn(CCC2CCN(C(=O)OC(C)(C)C)CC2)c1. The third kappa shape index (κ3) is 5.06. The van der Waals surface area contributed by atoms with Crippen LogP contribution in [-0.2, 0) is 11.3 Å². The normalized spacial score (nSPS) is 17.0. The quantitative estimate of drug-likeness (QED) is 0.859. The molecule has 0 radical (unpaired) electrons. The Bertz CT molecular complexity index is 468. The van der Waals surface area contributed by atoms with Crippen LogP contribution < -0.4 is 0 Å². The smallest absolute Gasteiger partial charge is 0.410 e. The van der Waals surface area contributed by atoms with Crippen molar-refractivity contribution < 1.29 is 9.53 Å². The second kappa shape index (κ2) is 6.50. The lowest BCUT2D eigenvalue weighted by atomic mass is 9.94. The van der Waals surface area contributed by atoms with Crippen molar-refractivity contribution in [2.75, 3.05) is 13.1 Å². The number of carbonyl (C=O) groups excluding carboxylic acids is 1. The van der Waals surface area contributed by atoms with Gasteiger partial charge in [0.2, 0.25) is 0 Å². The van der Waals surface area contributed by atoms with Gasteiger partial charge in [0.05, 0.1) is 6.20 Å². The van der Waals surface area contributed by atoms with E-state index in [1.165, 1.54) is 5.56 Å². The van der Waals surface area contributed by atoms with Gasteiger partial charge in [-0.05, 0) is 58.4 Å². The Morgan fingerprint density at radius 3 is 2.57 bits per heavy atom. The molecule has 1 saturated heterocycles. The van der Waals surface area contributed by atoms with Gasteiger partial charge < -0.3 is 9.64 Å². The molecule has 2 rings (SSSR count). The first-order valence-corrected chi connectivity index (χ1v) is 7.80. The molecule has 1 fully saturated rings. The highest BCUT2D eigenvalue weighted by Crippen LogP contribution is 2.22. The van der Waals surface area contributed by atoms with E-state index >= 15 is 0 Å². The molecule has 1 aliphatic rings. The summed E-state index contributed by atoms with van der Waals surface area (Å²) in [7, 11) is 0. The maximum Gasteiger partial charge on any atom is 0.410 e. The molecule has 118 valence electrons. The average molecular weight is 293 g/mol. The van der Waals surface area contributed by atoms with Crippen LogP contribution in [0, 0.1) is 12.8 Å². The Morgan fingerprint density at radius 2 is 2.05 bits per heavy atom. The Hall–Kier alpha value is -1.52. The molecule has 0 saturated carbocycles. The van der Waals surface area contributed by atoms with Crippen LogP contribution in [0.4, 0.5) is 4.79 Å². The van der Waals surface area contributed by atoms with E-state index in [-0.39, 0.29) is 6.09 Å². The number of amides is 1. The summed E-state index contributed by atoms with van der Waals surface area (Å²) >= 11 is 0. The number of nitrogens with zero attached hydrogens (tertiary/aromatic N) is 3. The number of piperidine rings is 1. The lowest BCUT2D eigenvalue weighted by Crippen LogP contribution is -2.41.